The number of ether oxygens (including phenoxy) is 2. The van der Waals surface area contributed by atoms with Crippen molar-refractivity contribution in [2.75, 3.05) is 25.1 Å². The average Bonchev–Trinajstić information content (AvgIpc) is 2.88. The SMILES string of the molecule is CCOCCOc1cc(C)nc(C(=O)Nc2nc(C)cs2)c1. The molecule has 0 saturated carbocycles. The predicted molar refractivity (Wildman–Crippen MR) is 85.8 cm³/mol. The number of amides is 1. The number of carbonyl (C=O) groups is 1. The van der Waals surface area contributed by atoms with Crippen molar-refractivity contribution in [1.82, 2.24) is 9.97 Å². The fraction of sp³-hybridized carbons (Fsp3) is 0.400. The zero-order chi connectivity index (χ0) is 15.9. The van der Waals surface area contributed by atoms with Gasteiger partial charge in [-0.1, -0.05) is 0 Å². The Bertz CT molecular complexity index is 643. The van der Waals surface area contributed by atoms with Crippen molar-refractivity contribution in [1.29, 1.82) is 0 Å². The number of aryl methyl sites for hydroxylation is 2. The maximum Gasteiger partial charge on any atom is 0.276 e. The molecule has 0 aliphatic heterocycles. The van der Waals surface area contributed by atoms with Gasteiger partial charge in [0.15, 0.2) is 5.13 Å². The van der Waals surface area contributed by atoms with E-state index in [0.717, 1.165) is 11.4 Å². The molecule has 1 amide bonds. The van der Waals surface area contributed by atoms with E-state index in [1.807, 2.05) is 26.2 Å². The van der Waals surface area contributed by atoms with Crippen LogP contribution in [0.25, 0.3) is 0 Å². The number of carbonyl (C=O) groups excluding carboxylic acids is 1. The number of rotatable bonds is 7. The number of pyridine rings is 1. The third kappa shape index (κ3) is 4.78. The molecule has 22 heavy (non-hydrogen) atoms. The standard InChI is InChI=1S/C15H19N3O3S/c1-4-20-5-6-21-12-7-10(2)16-13(8-12)14(19)18-15-17-11(3)9-22-15/h7-9H,4-6H2,1-3H3,(H,17,18,19). The number of hydrogen-bond donors (Lipinski definition) is 1. The molecule has 0 atom stereocenters. The van der Waals surface area contributed by atoms with Crippen molar-refractivity contribution >= 4 is 22.4 Å². The predicted octanol–water partition coefficient (Wildman–Crippen LogP) is 2.82. The van der Waals surface area contributed by atoms with Gasteiger partial charge < -0.3 is 9.47 Å². The van der Waals surface area contributed by atoms with Crippen LogP contribution in [-0.2, 0) is 4.74 Å². The number of nitrogens with one attached hydrogen (secondary N) is 1. The Hall–Kier alpha value is -1.99. The lowest BCUT2D eigenvalue weighted by atomic mass is 10.3. The smallest absolute Gasteiger partial charge is 0.276 e. The summed E-state index contributed by atoms with van der Waals surface area (Å²) in [5.41, 5.74) is 1.89. The van der Waals surface area contributed by atoms with E-state index in [4.69, 9.17) is 9.47 Å². The maximum absolute atomic E-state index is 12.2. The first kappa shape index (κ1) is 16.4. The van der Waals surface area contributed by atoms with Crippen molar-refractivity contribution in [3.63, 3.8) is 0 Å². The first-order chi connectivity index (χ1) is 10.6. The lowest BCUT2D eigenvalue weighted by Crippen LogP contribution is -2.15. The molecule has 0 saturated heterocycles. The summed E-state index contributed by atoms with van der Waals surface area (Å²) in [7, 11) is 0. The molecule has 0 aliphatic rings. The monoisotopic (exact) mass is 321 g/mol. The highest BCUT2D eigenvalue weighted by molar-refractivity contribution is 7.13. The molecule has 7 heteroatoms. The molecule has 0 spiro atoms. The van der Waals surface area contributed by atoms with Gasteiger partial charge >= 0.3 is 0 Å². The van der Waals surface area contributed by atoms with Crippen molar-refractivity contribution in [3.8, 4) is 5.75 Å². The second kappa shape index (κ2) is 7.86. The minimum Gasteiger partial charge on any atom is -0.491 e. The van der Waals surface area contributed by atoms with Gasteiger partial charge in [0, 0.05) is 29.8 Å². The molecular formula is C15H19N3O3S. The van der Waals surface area contributed by atoms with Gasteiger partial charge in [-0.3, -0.25) is 10.1 Å². The molecule has 0 aliphatic carbocycles. The van der Waals surface area contributed by atoms with Crippen LogP contribution < -0.4 is 10.1 Å². The Morgan fingerprint density at radius 3 is 2.73 bits per heavy atom. The van der Waals surface area contributed by atoms with Crippen molar-refractivity contribution in [2.24, 2.45) is 0 Å². The molecule has 2 aromatic rings. The second-order valence-corrected chi connectivity index (χ2v) is 5.48. The first-order valence-corrected chi connectivity index (χ1v) is 7.89. The van der Waals surface area contributed by atoms with Crippen LogP contribution in [0.2, 0.25) is 0 Å². The Labute approximate surface area is 133 Å². The lowest BCUT2D eigenvalue weighted by Gasteiger charge is -2.09. The summed E-state index contributed by atoms with van der Waals surface area (Å²) in [4.78, 5) is 20.7. The van der Waals surface area contributed by atoms with E-state index in [1.54, 1.807) is 12.1 Å². The zero-order valence-corrected chi connectivity index (χ0v) is 13.7. The van der Waals surface area contributed by atoms with Gasteiger partial charge in [0.05, 0.1) is 12.3 Å². The molecule has 0 fully saturated rings. The van der Waals surface area contributed by atoms with Crippen LogP contribution in [0.15, 0.2) is 17.5 Å². The molecule has 0 bridgehead atoms. The van der Waals surface area contributed by atoms with E-state index in [2.05, 4.69) is 15.3 Å². The van der Waals surface area contributed by atoms with Crippen LogP contribution in [0.1, 0.15) is 28.8 Å². The van der Waals surface area contributed by atoms with Gasteiger partial charge in [-0.2, -0.15) is 0 Å². The van der Waals surface area contributed by atoms with Gasteiger partial charge in [0.1, 0.15) is 18.1 Å². The quantitative estimate of drug-likeness (QED) is 0.794. The molecule has 6 nitrogen and oxygen atoms in total. The average molecular weight is 321 g/mol. The topological polar surface area (TPSA) is 73.3 Å². The Kier molecular flexibility index (Phi) is 5.85. The highest BCUT2D eigenvalue weighted by Crippen LogP contribution is 2.18. The third-order valence-electron chi connectivity index (χ3n) is 2.70. The molecule has 0 radical (unpaired) electrons. The van der Waals surface area contributed by atoms with Crippen molar-refractivity contribution in [2.45, 2.75) is 20.8 Å². The summed E-state index contributed by atoms with van der Waals surface area (Å²) in [6.45, 7) is 7.22. The first-order valence-electron chi connectivity index (χ1n) is 7.01. The summed E-state index contributed by atoms with van der Waals surface area (Å²) < 4.78 is 10.8. The largest absolute Gasteiger partial charge is 0.491 e. The minimum atomic E-state index is -0.298. The van der Waals surface area contributed by atoms with Crippen molar-refractivity contribution in [3.05, 3.63) is 34.6 Å². The third-order valence-corrected chi connectivity index (χ3v) is 3.58. The highest BCUT2D eigenvalue weighted by atomic mass is 32.1. The number of aromatic nitrogens is 2. The fourth-order valence-corrected chi connectivity index (χ4v) is 2.46. The number of nitrogens with zero attached hydrogens (tertiary/aromatic N) is 2. The van der Waals surface area contributed by atoms with Gasteiger partial charge in [-0.05, 0) is 20.8 Å². The summed E-state index contributed by atoms with van der Waals surface area (Å²) in [6, 6.07) is 3.41. The van der Waals surface area contributed by atoms with E-state index in [-0.39, 0.29) is 5.91 Å². The van der Waals surface area contributed by atoms with Crippen LogP contribution in [0.5, 0.6) is 5.75 Å². The number of hydrogen-bond acceptors (Lipinski definition) is 6. The van der Waals surface area contributed by atoms with Crippen molar-refractivity contribution < 1.29 is 14.3 Å². The van der Waals surface area contributed by atoms with E-state index in [9.17, 15) is 4.79 Å². The van der Waals surface area contributed by atoms with Gasteiger partial charge in [-0.15, -0.1) is 11.3 Å². The molecule has 0 aromatic carbocycles. The summed E-state index contributed by atoms with van der Waals surface area (Å²) in [5.74, 6) is 0.306. The van der Waals surface area contributed by atoms with E-state index < -0.39 is 0 Å². The Morgan fingerprint density at radius 2 is 2.05 bits per heavy atom. The normalized spacial score (nSPS) is 10.5. The molecule has 1 N–H and O–H groups in total. The molecule has 118 valence electrons. The lowest BCUT2D eigenvalue weighted by molar-refractivity contribution is 0.101. The molecule has 0 unspecified atom stereocenters. The van der Waals surface area contributed by atoms with Gasteiger partial charge in [0.2, 0.25) is 0 Å². The van der Waals surface area contributed by atoms with E-state index in [0.29, 0.717) is 36.4 Å². The van der Waals surface area contributed by atoms with E-state index >= 15 is 0 Å². The van der Waals surface area contributed by atoms with Crippen LogP contribution in [0, 0.1) is 13.8 Å². The second-order valence-electron chi connectivity index (χ2n) is 4.62. The number of anilines is 1. The van der Waals surface area contributed by atoms with Gasteiger partial charge in [-0.25, -0.2) is 9.97 Å². The summed E-state index contributed by atoms with van der Waals surface area (Å²) >= 11 is 1.38. The number of thiazole rings is 1. The summed E-state index contributed by atoms with van der Waals surface area (Å²) in [6.07, 6.45) is 0. The van der Waals surface area contributed by atoms with Crippen LogP contribution in [0.3, 0.4) is 0 Å². The molecule has 2 rings (SSSR count). The van der Waals surface area contributed by atoms with Crippen LogP contribution >= 0.6 is 11.3 Å². The molecular weight excluding hydrogens is 302 g/mol. The molecule has 2 heterocycles. The van der Waals surface area contributed by atoms with Gasteiger partial charge in [0.25, 0.3) is 5.91 Å². The Morgan fingerprint density at radius 1 is 1.23 bits per heavy atom. The Balaban J connectivity index is 2.03. The summed E-state index contributed by atoms with van der Waals surface area (Å²) in [5, 5.41) is 5.17. The van der Waals surface area contributed by atoms with E-state index in [1.165, 1.54) is 11.3 Å². The van der Waals surface area contributed by atoms with Crippen LogP contribution in [0.4, 0.5) is 5.13 Å². The zero-order valence-electron chi connectivity index (χ0n) is 12.9. The van der Waals surface area contributed by atoms with Crippen LogP contribution in [-0.4, -0.2) is 35.7 Å². The maximum atomic E-state index is 12.2. The molecule has 2 aromatic heterocycles. The fourth-order valence-electron chi connectivity index (χ4n) is 1.77. The highest BCUT2D eigenvalue weighted by Gasteiger charge is 2.12. The minimum absolute atomic E-state index is 0.298.